The van der Waals surface area contributed by atoms with E-state index in [2.05, 4.69) is 15.5 Å². The highest BCUT2D eigenvalue weighted by molar-refractivity contribution is 5.78. The molecule has 1 aliphatic rings. The van der Waals surface area contributed by atoms with Gasteiger partial charge in [-0.15, -0.1) is 0 Å². The van der Waals surface area contributed by atoms with Crippen LogP contribution in [0.4, 0.5) is 8.78 Å². The van der Waals surface area contributed by atoms with E-state index in [0.29, 0.717) is 12.5 Å². The van der Waals surface area contributed by atoms with Crippen molar-refractivity contribution in [1.82, 2.24) is 15.5 Å². The number of nitrogens with one attached hydrogen (secondary N) is 2. The lowest BCUT2D eigenvalue weighted by Gasteiger charge is -2.32. The lowest BCUT2D eigenvalue weighted by atomic mass is 9.98. The van der Waals surface area contributed by atoms with E-state index in [1.165, 1.54) is 25.1 Å². The van der Waals surface area contributed by atoms with Gasteiger partial charge in [-0.3, -0.25) is 14.5 Å². The lowest BCUT2D eigenvalue weighted by molar-refractivity contribution is -0.123. The summed E-state index contributed by atoms with van der Waals surface area (Å²) in [6.07, 6.45) is 2.14. The smallest absolute Gasteiger partial charge is 0.234 e. The number of hydrogen-bond donors (Lipinski definition) is 2. The number of amides is 2. The third-order valence-electron chi connectivity index (χ3n) is 4.37. The Morgan fingerprint density at radius 2 is 1.96 bits per heavy atom. The van der Waals surface area contributed by atoms with Crippen LogP contribution < -0.4 is 10.6 Å². The van der Waals surface area contributed by atoms with E-state index in [0.717, 1.165) is 25.9 Å². The van der Waals surface area contributed by atoms with Gasteiger partial charge in [-0.25, -0.2) is 8.78 Å². The van der Waals surface area contributed by atoms with Crippen molar-refractivity contribution in [2.24, 2.45) is 5.92 Å². The summed E-state index contributed by atoms with van der Waals surface area (Å²) in [4.78, 5) is 25.1. The molecule has 25 heavy (non-hydrogen) atoms. The summed E-state index contributed by atoms with van der Waals surface area (Å²) < 4.78 is 27.1. The minimum atomic E-state index is -0.592. The van der Waals surface area contributed by atoms with Crippen molar-refractivity contribution in [2.75, 3.05) is 32.7 Å². The SMILES string of the molecule is CC(=O)NCC1CCCN(CC(=O)NCCc2c(F)cccc2F)C1. The minimum Gasteiger partial charge on any atom is -0.356 e. The number of benzene rings is 1. The first-order valence-electron chi connectivity index (χ1n) is 8.62. The summed E-state index contributed by atoms with van der Waals surface area (Å²) in [6, 6.07) is 3.74. The molecule has 1 aromatic carbocycles. The molecule has 7 heteroatoms. The number of carbonyl (C=O) groups excluding carboxylic acids is 2. The van der Waals surface area contributed by atoms with Gasteiger partial charge in [0.1, 0.15) is 11.6 Å². The fourth-order valence-corrected chi connectivity index (χ4v) is 3.11. The summed E-state index contributed by atoms with van der Waals surface area (Å²) in [7, 11) is 0. The van der Waals surface area contributed by atoms with E-state index in [9.17, 15) is 18.4 Å². The van der Waals surface area contributed by atoms with Crippen LogP contribution in [0.25, 0.3) is 0 Å². The van der Waals surface area contributed by atoms with E-state index < -0.39 is 11.6 Å². The van der Waals surface area contributed by atoms with E-state index in [-0.39, 0.29) is 36.9 Å². The van der Waals surface area contributed by atoms with Gasteiger partial charge in [-0.05, 0) is 43.9 Å². The first-order valence-corrected chi connectivity index (χ1v) is 8.62. The molecule has 1 fully saturated rings. The van der Waals surface area contributed by atoms with E-state index in [1.54, 1.807) is 0 Å². The highest BCUT2D eigenvalue weighted by atomic mass is 19.1. The Morgan fingerprint density at radius 3 is 2.64 bits per heavy atom. The van der Waals surface area contributed by atoms with Gasteiger partial charge in [-0.2, -0.15) is 0 Å². The van der Waals surface area contributed by atoms with Crippen molar-refractivity contribution in [3.63, 3.8) is 0 Å². The predicted octanol–water partition coefficient (Wildman–Crippen LogP) is 1.47. The van der Waals surface area contributed by atoms with Gasteiger partial charge in [0.05, 0.1) is 6.54 Å². The van der Waals surface area contributed by atoms with Gasteiger partial charge < -0.3 is 10.6 Å². The van der Waals surface area contributed by atoms with Crippen LogP contribution in [0.3, 0.4) is 0 Å². The number of halogens is 2. The Balaban J connectivity index is 1.72. The summed E-state index contributed by atoms with van der Waals surface area (Å²) >= 11 is 0. The topological polar surface area (TPSA) is 61.4 Å². The van der Waals surface area contributed by atoms with Crippen molar-refractivity contribution in [2.45, 2.75) is 26.2 Å². The zero-order valence-electron chi connectivity index (χ0n) is 14.5. The number of nitrogens with zero attached hydrogens (tertiary/aromatic N) is 1. The summed E-state index contributed by atoms with van der Waals surface area (Å²) in [5.41, 5.74) is -0.00357. The Hall–Kier alpha value is -2.02. The third-order valence-corrected chi connectivity index (χ3v) is 4.37. The highest BCUT2D eigenvalue weighted by Crippen LogP contribution is 2.15. The van der Waals surface area contributed by atoms with Gasteiger partial charge in [0, 0.05) is 32.1 Å². The second-order valence-electron chi connectivity index (χ2n) is 6.48. The second-order valence-corrected chi connectivity index (χ2v) is 6.48. The standard InChI is InChI=1S/C18H25F2N3O2/c1-13(24)22-10-14-4-3-9-23(11-14)12-18(25)21-8-7-15-16(19)5-2-6-17(15)20/h2,5-6,14H,3-4,7-12H2,1H3,(H,21,25)(H,22,24). The molecule has 2 amide bonds. The van der Waals surface area contributed by atoms with Crippen LogP contribution >= 0.6 is 0 Å². The average Bonchev–Trinajstić information content (AvgIpc) is 2.56. The molecule has 0 aromatic heterocycles. The van der Waals surface area contributed by atoms with Gasteiger partial charge in [0.15, 0.2) is 0 Å². The van der Waals surface area contributed by atoms with Crippen LogP contribution in [0.5, 0.6) is 0 Å². The molecule has 0 spiro atoms. The molecule has 1 aliphatic heterocycles. The number of piperidine rings is 1. The Kier molecular flexibility index (Phi) is 7.31. The molecular formula is C18H25F2N3O2. The Morgan fingerprint density at radius 1 is 1.24 bits per heavy atom. The van der Waals surface area contributed by atoms with Crippen LogP contribution in [-0.2, 0) is 16.0 Å². The van der Waals surface area contributed by atoms with E-state index in [1.807, 2.05) is 0 Å². The molecule has 1 saturated heterocycles. The summed E-state index contributed by atoms with van der Waals surface area (Å²) in [5.74, 6) is -1.04. The average molecular weight is 353 g/mol. The maximum absolute atomic E-state index is 13.5. The number of hydrogen-bond acceptors (Lipinski definition) is 3. The summed E-state index contributed by atoms with van der Waals surface area (Å²) in [6.45, 7) is 4.17. The third kappa shape index (κ3) is 6.42. The molecule has 1 unspecified atom stereocenters. The molecule has 0 aliphatic carbocycles. The maximum atomic E-state index is 13.5. The Bertz CT molecular complexity index is 590. The van der Waals surface area contributed by atoms with Crippen LogP contribution in [0, 0.1) is 17.6 Å². The molecule has 1 heterocycles. The van der Waals surface area contributed by atoms with Gasteiger partial charge >= 0.3 is 0 Å². The number of carbonyl (C=O) groups is 2. The van der Waals surface area contributed by atoms with Crippen molar-refractivity contribution in [3.8, 4) is 0 Å². The molecule has 0 bridgehead atoms. The van der Waals surface area contributed by atoms with Gasteiger partial charge in [-0.1, -0.05) is 6.07 Å². The fraction of sp³-hybridized carbons (Fsp3) is 0.556. The fourth-order valence-electron chi connectivity index (χ4n) is 3.11. The first kappa shape index (κ1) is 19.3. The van der Waals surface area contributed by atoms with Crippen molar-refractivity contribution in [1.29, 1.82) is 0 Å². The molecule has 0 radical (unpaired) electrons. The lowest BCUT2D eigenvalue weighted by Crippen LogP contribution is -2.45. The van der Waals surface area contributed by atoms with Crippen LogP contribution in [0.15, 0.2) is 18.2 Å². The maximum Gasteiger partial charge on any atom is 0.234 e. The largest absolute Gasteiger partial charge is 0.356 e. The second kappa shape index (κ2) is 9.46. The minimum absolute atomic E-state index is 0.00357. The monoisotopic (exact) mass is 353 g/mol. The van der Waals surface area contributed by atoms with Crippen LogP contribution in [0.2, 0.25) is 0 Å². The molecule has 138 valence electrons. The van der Waals surface area contributed by atoms with E-state index >= 15 is 0 Å². The number of likely N-dealkylation sites (tertiary alicyclic amines) is 1. The van der Waals surface area contributed by atoms with Gasteiger partial charge in [0.2, 0.25) is 11.8 Å². The molecule has 2 N–H and O–H groups in total. The van der Waals surface area contributed by atoms with E-state index in [4.69, 9.17) is 0 Å². The molecule has 5 nitrogen and oxygen atoms in total. The normalized spacial score (nSPS) is 18.0. The summed E-state index contributed by atoms with van der Waals surface area (Å²) in [5, 5.41) is 5.53. The van der Waals surface area contributed by atoms with Crippen LogP contribution in [-0.4, -0.2) is 49.4 Å². The Labute approximate surface area is 146 Å². The zero-order valence-corrected chi connectivity index (χ0v) is 14.5. The highest BCUT2D eigenvalue weighted by Gasteiger charge is 2.21. The molecule has 1 atom stereocenters. The van der Waals surface area contributed by atoms with Crippen molar-refractivity contribution >= 4 is 11.8 Å². The zero-order chi connectivity index (χ0) is 18.2. The van der Waals surface area contributed by atoms with Gasteiger partial charge in [0.25, 0.3) is 0 Å². The molecular weight excluding hydrogens is 328 g/mol. The predicted molar refractivity (Wildman–Crippen MR) is 90.9 cm³/mol. The quantitative estimate of drug-likeness (QED) is 0.780. The van der Waals surface area contributed by atoms with Crippen molar-refractivity contribution in [3.05, 3.63) is 35.4 Å². The molecule has 1 aromatic rings. The number of rotatable bonds is 7. The van der Waals surface area contributed by atoms with Crippen LogP contribution in [0.1, 0.15) is 25.3 Å². The molecule has 0 saturated carbocycles. The van der Waals surface area contributed by atoms with Crippen molar-refractivity contribution < 1.29 is 18.4 Å². The molecule has 2 rings (SSSR count). The first-order chi connectivity index (χ1) is 12.0.